The van der Waals surface area contributed by atoms with Crippen molar-refractivity contribution in [2.75, 3.05) is 0 Å². The summed E-state index contributed by atoms with van der Waals surface area (Å²) in [6, 6.07) is 10.3. The standard InChI is InChI=1S/C25H46NOSi4/c1-28(2,3)31(29(4,5)6,30(7,8)9)21-15-11-14-18-24-19-20-25(24)26-27-22-23-16-12-10-13-17-23/h10,12-13,16-17,21,24H,11,14,18-20,22H2,1-9H3/b21-15?,26-25+. The van der Waals surface area contributed by atoms with Crippen molar-refractivity contribution in [2.24, 2.45) is 11.1 Å². The van der Waals surface area contributed by atoms with Crippen LogP contribution >= 0.6 is 0 Å². The lowest BCUT2D eigenvalue weighted by molar-refractivity contribution is 0.125. The fourth-order valence-electron chi connectivity index (χ4n) is 6.37. The lowest BCUT2D eigenvalue weighted by Gasteiger charge is -2.55. The molecule has 0 bridgehead atoms. The van der Waals surface area contributed by atoms with Gasteiger partial charge in [0.2, 0.25) is 0 Å². The summed E-state index contributed by atoms with van der Waals surface area (Å²) < 4.78 is 0. The molecule has 0 aromatic heterocycles. The number of benzene rings is 1. The van der Waals surface area contributed by atoms with Crippen molar-refractivity contribution >= 4 is 35.1 Å². The van der Waals surface area contributed by atoms with E-state index in [1.807, 2.05) is 18.2 Å². The largest absolute Gasteiger partial charge is 0.391 e. The third-order valence-corrected chi connectivity index (χ3v) is 78.0. The molecule has 6 heteroatoms. The minimum Gasteiger partial charge on any atom is -0.391 e. The predicted molar refractivity (Wildman–Crippen MR) is 149 cm³/mol. The zero-order chi connectivity index (χ0) is 23.3. The highest BCUT2D eigenvalue weighted by Crippen LogP contribution is 2.38. The van der Waals surface area contributed by atoms with E-state index in [1.54, 1.807) is 0 Å². The number of unbranched alkanes of at least 4 members (excludes halogenated alkanes) is 1. The highest BCUT2D eigenvalue weighted by Gasteiger charge is 2.59. The summed E-state index contributed by atoms with van der Waals surface area (Å²) in [5, 5.41) is 4.45. The SMILES string of the molecule is C[Si](C)(C)[Si](C=[C]CCCC1CC/C1=N\OCc1ccccc1)([Si](C)(C)C)[Si](C)(C)C. The summed E-state index contributed by atoms with van der Waals surface area (Å²) in [5.41, 5.74) is 5.22. The van der Waals surface area contributed by atoms with E-state index in [2.05, 4.69) is 88.0 Å². The third kappa shape index (κ3) is 6.42. The van der Waals surface area contributed by atoms with Crippen LogP contribution in [0.25, 0.3) is 0 Å². The van der Waals surface area contributed by atoms with Crippen LogP contribution in [-0.2, 0) is 11.4 Å². The molecule has 1 aromatic rings. The first-order chi connectivity index (χ1) is 14.3. The van der Waals surface area contributed by atoms with E-state index >= 15 is 0 Å². The van der Waals surface area contributed by atoms with E-state index in [-0.39, 0.29) is 0 Å². The second-order valence-corrected chi connectivity index (χ2v) is 52.9. The van der Waals surface area contributed by atoms with Gasteiger partial charge in [-0.05, 0) is 37.7 Å². The van der Waals surface area contributed by atoms with Crippen LogP contribution in [0.3, 0.4) is 0 Å². The van der Waals surface area contributed by atoms with Crippen LogP contribution in [0.4, 0.5) is 0 Å². The van der Waals surface area contributed by atoms with E-state index in [0.717, 1.165) is 12.8 Å². The average molecular weight is 489 g/mol. The van der Waals surface area contributed by atoms with E-state index in [9.17, 15) is 0 Å². The summed E-state index contributed by atoms with van der Waals surface area (Å²) in [7, 11) is -3.69. The van der Waals surface area contributed by atoms with Crippen molar-refractivity contribution in [3.8, 4) is 0 Å². The second kappa shape index (κ2) is 10.5. The molecule has 173 valence electrons. The monoisotopic (exact) mass is 488 g/mol. The van der Waals surface area contributed by atoms with Crippen LogP contribution in [0, 0.1) is 12.0 Å². The van der Waals surface area contributed by atoms with Crippen LogP contribution in [0.15, 0.2) is 41.2 Å². The minimum absolute atomic E-state index is 0.574. The molecule has 0 aliphatic heterocycles. The molecule has 2 rings (SSSR count). The van der Waals surface area contributed by atoms with E-state index in [4.69, 9.17) is 4.84 Å². The van der Waals surface area contributed by atoms with Crippen molar-refractivity contribution in [1.82, 2.24) is 0 Å². The summed E-state index contributed by atoms with van der Waals surface area (Å²) in [6.07, 6.45) is 9.85. The molecule has 1 unspecified atom stereocenters. The number of hydrogen-bond donors (Lipinski definition) is 0. The molecule has 0 spiro atoms. The molecule has 31 heavy (non-hydrogen) atoms. The summed E-state index contributed by atoms with van der Waals surface area (Å²) in [6.45, 7) is 23.1. The van der Waals surface area contributed by atoms with Gasteiger partial charge < -0.3 is 4.84 Å². The van der Waals surface area contributed by atoms with Crippen LogP contribution in [0.2, 0.25) is 58.9 Å². The lowest BCUT2D eigenvalue weighted by atomic mass is 9.79. The van der Waals surface area contributed by atoms with Gasteiger partial charge >= 0.3 is 0 Å². The fraction of sp³-hybridized carbons (Fsp3) is 0.640. The molecule has 1 fully saturated rings. The highest BCUT2D eigenvalue weighted by atomic mass is 29.9. The maximum atomic E-state index is 5.62. The molecule has 1 aliphatic rings. The molecule has 2 nitrogen and oxygen atoms in total. The van der Waals surface area contributed by atoms with Crippen LogP contribution in [0.5, 0.6) is 0 Å². The number of nitrogens with zero attached hydrogens (tertiary/aromatic N) is 1. The van der Waals surface area contributed by atoms with Gasteiger partial charge in [-0.3, -0.25) is 0 Å². The van der Waals surface area contributed by atoms with Crippen LogP contribution in [0.1, 0.15) is 37.7 Å². The molecule has 1 radical (unpaired) electrons. The second-order valence-electron chi connectivity index (χ2n) is 12.4. The van der Waals surface area contributed by atoms with Crippen molar-refractivity contribution in [3.05, 3.63) is 47.7 Å². The first kappa shape index (κ1) is 26.5. The quantitative estimate of drug-likeness (QED) is 0.177. The fourth-order valence-corrected chi connectivity index (χ4v) is 101. The van der Waals surface area contributed by atoms with Gasteiger partial charge in [-0.1, -0.05) is 106 Å². The smallest absolute Gasteiger partial charge is 0.142 e. The molecule has 1 aromatic carbocycles. The first-order valence-electron chi connectivity index (χ1n) is 12.1. The van der Waals surface area contributed by atoms with Gasteiger partial charge in [0.25, 0.3) is 0 Å². The summed E-state index contributed by atoms with van der Waals surface area (Å²) >= 11 is 0. The summed E-state index contributed by atoms with van der Waals surface area (Å²) in [4.78, 5) is 5.62. The van der Waals surface area contributed by atoms with Gasteiger partial charge in [0.05, 0.1) is 12.3 Å². The number of rotatable bonds is 11. The Bertz CT molecular complexity index is 718. The van der Waals surface area contributed by atoms with Crippen LogP contribution < -0.4 is 0 Å². The van der Waals surface area contributed by atoms with E-state index in [0.29, 0.717) is 12.5 Å². The van der Waals surface area contributed by atoms with Gasteiger partial charge in [0, 0.05) is 28.7 Å². The Morgan fingerprint density at radius 2 is 1.52 bits per heavy atom. The molecular formula is C25H46NOSi4. The maximum Gasteiger partial charge on any atom is 0.142 e. The Morgan fingerprint density at radius 1 is 0.935 bits per heavy atom. The van der Waals surface area contributed by atoms with E-state index < -0.39 is 29.4 Å². The molecular weight excluding hydrogens is 443 g/mol. The molecule has 1 aliphatic carbocycles. The summed E-state index contributed by atoms with van der Waals surface area (Å²) in [5.74, 6) is 0.630. The van der Waals surface area contributed by atoms with Crippen molar-refractivity contribution in [3.63, 3.8) is 0 Å². The van der Waals surface area contributed by atoms with Gasteiger partial charge in [0.15, 0.2) is 0 Å². The normalized spacial score (nSPS) is 19.6. The van der Waals surface area contributed by atoms with Gasteiger partial charge in [-0.15, -0.1) is 0 Å². The Kier molecular flexibility index (Phi) is 8.98. The average Bonchev–Trinajstić information content (AvgIpc) is 2.61. The Hall–Kier alpha value is -0.702. The molecule has 0 saturated heterocycles. The zero-order valence-electron chi connectivity index (χ0n) is 21.6. The van der Waals surface area contributed by atoms with Gasteiger partial charge in [0.1, 0.15) is 6.61 Å². The Balaban J connectivity index is 1.90. The molecule has 0 amide bonds. The maximum absolute atomic E-state index is 5.62. The number of allylic oxidation sites excluding steroid dienone is 1. The van der Waals surface area contributed by atoms with E-state index in [1.165, 1.54) is 30.5 Å². The highest BCUT2D eigenvalue weighted by molar-refractivity contribution is 7.90. The van der Waals surface area contributed by atoms with Crippen LogP contribution in [-0.4, -0.2) is 35.1 Å². The lowest BCUT2D eigenvalue weighted by Crippen LogP contribution is -2.81. The molecule has 0 heterocycles. The Labute approximate surface area is 196 Å². The van der Waals surface area contributed by atoms with Crippen molar-refractivity contribution in [2.45, 2.75) is 97.6 Å². The molecule has 0 N–H and O–H groups in total. The topological polar surface area (TPSA) is 21.6 Å². The number of oxime groups is 1. The predicted octanol–water partition coefficient (Wildman–Crippen LogP) is 7.74. The number of hydrogen-bond acceptors (Lipinski definition) is 2. The minimum atomic E-state index is -1.40. The first-order valence-corrected chi connectivity index (χ1v) is 27.7. The molecule has 1 atom stereocenters. The zero-order valence-corrected chi connectivity index (χ0v) is 25.6. The van der Waals surface area contributed by atoms with Gasteiger partial charge in [-0.2, -0.15) is 0 Å². The van der Waals surface area contributed by atoms with Gasteiger partial charge in [-0.25, -0.2) is 0 Å². The molecule has 1 saturated carbocycles. The van der Waals surface area contributed by atoms with Crippen molar-refractivity contribution < 1.29 is 4.84 Å². The van der Waals surface area contributed by atoms with Crippen molar-refractivity contribution in [1.29, 1.82) is 0 Å². The third-order valence-electron chi connectivity index (χ3n) is 7.22. The Morgan fingerprint density at radius 3 is 2.00 bits per heavy atom.